The van der Waals surface area contributed by atoms with Gasteiger partial charge >= 0.3 is 0 Å². The third kappa shape index (κ3) is 2.52. The second-order valence-corrected chi connectivity index (χ2v) is 6.63. The summed E-state index contributed by atoms with van der Waals surface area (Å²) >= 11 is 0. The molecule has 3 rings (SSSR count). The molecule has 1 N–H and O–H groups in total. The zero-order chi connectivity index (χ0) is 13.5. The van der Waals surface area contributed by atoms with Gasteiger partial charge in [0.1, 0.15) is 5.65 Å². The second-order valence-electron chi connectivity index (χ2n) is 6.63. The third-order valence-electron chi connectivity index (χ3n) is 3.99. The van der Waals surface area contributed by atoms with E-state index in [0.717, 1.165) is 12.2 Å². The molecular formula is C16H23N3. The van der Waals surface area contributed by atoms with Gasteiger partial charge in [-0.05, 0) is 49.0 Å². The molecule has 0 aliphatic carbocycles. The smallest absolute Gasteiger partial charge is 0.137 e. The van der Waals surface area contributed by atoms with Crippen molar-refractivity contribution >= 4 is 11.0 Å². The molecule has 1 fully saturated rings. The zero-order valence-corrected chi connectivity index (χ0v) is 12.2. The average molecular weight is 257 g/mol. The summed E-state index contributed by atoms with van der Waals surface area (Å²) in [6.45, 7) is 10.2. The topological polar surface area (TPSA) is 31.9 Å². The molecular weight excluding hydrogens is 234 g/mol. The summed E-state index contributed by atoms with van der Waals surface area (Å²) in [5.41, 5.74) is 3.78. The summed E-state index contributed by atoms with van der Waals surface area (Å²) in [6, 6.07) is 4.42. The van der Waals surface area contributed by atoms with Crippen LogP contribution in [0.2, 0.25) is 0 Å². The summed E-state index contributed by atoms with van der Waals surface area (Å²) in [5, 5.41) is 1.22. The number of fused-ring (bicyclic) bond motifs is 1. The van der Waals surface area contributed by atoms with E-state index in [2.05, 4.69) is 42.8 Å². The molecule has 1 aliphatic rings. The number of hydrogen-bond acceptors (Lipinski definition) is 2. The fourth-order valence-electron chi connectivity index (χ4n) is 2.94. The second kappa shape index (κ2) is 4.64. The minimum atomic E-state index is 0.146. The van der Waals surface area contributed by atoms with E-state index in [1.165, 1.54) is 42.6 Å². The molecule has 0 radical (unpaired) electrons. The van der Waals surface area contributed by atoms with Crippen molar-refractivity contribution in [3.05, 3.63) is 29.6 Å². The number of nitrogens with one attached hydrogen (secondary N) is 1. The largest absolute Gasteiger partial charge is 0.346 e. The molecule has 102 valence electrons. The Morgan fingerprint density at radius 1 is 1.26 bits per heavy atom. The Morgan fingerprint density at radius 3 is 2.68 bits per heavy atom. The summed E-state index contributed by atoms with van der Waals surface area (Å²) in [7, 11) is 0. The summed E-state index contributed by atoms with van der Waals surface area (Å²) in [5.74, 6) is 0. The third-order valence-corrected chi connectivity index (χ3v) is 3.99. The molecule has 0 atom stereocenters. The van der Waals surface area contributed by atoms with Crippen LogP contribution in [0.25, 0.3) is 11.0 Å². The van der Waals surface area contributed by atoms with Gasteiger partial charge in [-0.2, -0.15) is 0 Å². The van der Waals surface area contributed by atoms with E-state index in [-0.39, 0.29) is 5.41 Å². The van der Waals surface area contributed by atoms with Gasteiger partial charge in [0.15, 0.2) is 0 Å². The van der Waals surface area contributed by atoms with Crippen molar-refractivity contribution in [2.45, 2.75) is 45.6 Å². The number of rotatable bonds is 2. The molecule has 0 unspecified atom stereocenters. The predicted octanol–water partition coefficient (Wildman–Crippen LogP) is 3.46. The van der Waals surface area contributed by atoms with E-state index < -0.39 is 0 Å². The maximum absolute atomic E-state index is 4.87. The van der Waals surface area contributed by atoms with Crippen molar-refractivity contribution in [2.24, 2.45) is 0 Å². The molecule has 0 amide bonds. The van der Waals surface area contributed by atoms with Crippen LogP contribution in [0.3, 0.4) is 0 Å². The van der Waals surface area contributed by atoms with Gasteiger partial charge in [-0.15, -0.1) is 0 Å². The fraction of sp³-hybridized carbons (Fsp3) is 0.562. The molecule has 3 heteroatoms. The van der Waals surface area contributed by atoms with Crippen LogP contribution in [0.1, 0.15) is 44.9 Å². The molecule has 0 spiro atoms. The molecule has 0 aromatic carbocycles. The van der Waals surface area contributed by atoms with Crippen LogP contribution >= 0.6 is 0 Å². The highest BCUT2D eigenvalue weighted by atomic mass is 15.1. The lowest BCUT2D eigenvalue weighted by Crippen LogP contribution is -2.23. The average Bonchev–Trinajstić information content (AvgIpc) is 2.96. The van der Waals surface area contributed by atoms with E-state index in [4.69, 9.17) is 4.98 Å². The first-order valence-corrected chi connectivity index (χ1v) is 7.24. The van der Waals surface area contributed by atoms with Gasteiger partial charge in [-0.1, -0.05) is 20.8 Å². The fourth-order valence-corrected chi connectivity index (χ4v) is 2.94. The lowest BCUT2D eigenvalue weighted by Gasteiger charge is -2.24. The molecule has 1 saturated heterocycles. The van der Waals surface area contributed by atoms with E-state index >= 15 is 0 Å². The van der Waals surface area contributed by atoms with Gasteiger partial charge in [-0.3, -0.25) is 4.90 Å². The van der Waals surface area contributed by atoms with Crippen molar-refractivity contribution in [3.63, 3.8) is 0 Å². The maximum atomic E-state index is 4.87. The van der Waals surface area contributed by atoms with Crippen molar-refractivity contribution in [3.8, 4) is 0 Å². The van der Waals surface area contributed by atoms with E-state index in [1.54, 1.807) is 0 Å². The Morgan fingerprint density at radius 2 is 2.00 bits per heavy atom. The first kappa shape index (κ1) is 12.7. The molecule has 19 heavy (non-hydrogen) atoms. The van der Waals surface area contributed by atoms with Crippen molar-refractivity contribution in [2.75, 3.05) is 13.1 Å². The van der Waals surface area contributed by atoms with E-state index in [9.17, 15) is 0 Å². The summed E-state index contributed by atoms with van der Waals surface area (Å²) in [6.07, 6.45) is 4.63. The van der Waals surface area contributed by atoms with Crippen molar-refractivity contribution in [1.29, 1.82) is 0 Å². The van der Waals surface area contributed by atoms with E-state index in [0.29, 0.717) is 0 Å². The number of pyridine rings is 1. The predicted molar refractivity (Wildman–Crippen MR) is 79.3 cm³/mol. The highest BCUT2D eigenvalue weighted by molar-refractivity contribution is 5.76. The minimum Gasteiger partial charge on any atom is -0.346 e. The number of hydrogen-bond donors (Lipinski definition) is 1. The Balaban J connectivity index is 2.03. The summed E-state index contributed by atoms with van der Waals surface area (Å²) in [4.78, 5) is 10.6. The number of aromatic nitrogens is 2. The molecule has 0 saturated carbocycles. The highest BCUT2D eigenvalue weighted by Crippen LogP contribution is 2.29. The Labute approximate surface area is 115 Å². The van der Waals surface area contributed by atoms with Gasteiger partial charge in [0.2, 0.25) is 0 Å². The van der Waals surface area contributed by atoms with Crippen LogP contribution in [-0.2, 0) is 12.0 Å². The maximum Gasteiger partial charge on any atom is 0.137 e. The Kier molecular flexibility index (Phi) is 3.09. The normalized spacial score (nSPS) is 17.4. The Bertz CT molecular complexity index is 571. The first-order chi connectivity index (χ1) is 9.04. The van der Waals surface area contributed by atoms with Crippen LogP contribution in [0.5, 0.6) is 0 Å². The molecule has 1 aliphatic heterocycles. The number of likely N-dealkylation sites (tertiary alicyclic amines) is 1. The van der Waals surface area contributed by atoms with Crippen LogP contribution < -0.4 is 0 Å². The molecule has 2 aromatic heterocycles. The minimum absolute atomic E-state index is 0.146. The lowest BCUT2D eigenvalue weighted by atomic mass is 9.85. The van der Waals surface area contributed by atoms with Crippen LogP contribution in [0, 0.1) is 0 Å². The molecule has 3 nitrogen and oxygen atoms in total. The van der Waals surface area contributed by atoms with Crippen molar-refractivity contribution in [1.82, 2.24) is 14.9 Å². The standard InChI is InChI=1S/C16H23N3/c1-16(2,3)13-10-12-6-7-17-15(12)18-14(13)11-19-8-4-5-9-19/h6-7,10H,4-5,8-9,11H2,1-3H3,(H,17,18). The van der Waals surface area contributed by atoms with Crippen LogP contribution in [0.4, 0.5) is 0 Å². The van der Waals surface area contributed by atoms with Gasteiger partial charge in [0.25, 0.3) is 0 Å². The van der Waals surface area contributed by atoms with Gasteiger partial charge in [0, 0.05) is 18.1 Å². The summed E-state index contributed by atoms with van der Waals surface area (Å²) < 4.78 is 0. The molecule has 3 heterocycles. The van der Waals surface area contributed by atoms with Gasteiger partial charge in [0.05, 0.1) is 5.69 Å². The first-order valence-electron chi connectivity index (χ1n) is 7.24. The molecule has 2 aromatic rings. The van der Waals surface area contributed by atoms with Gasteiger partial charge in [-0.25, -0.2) is 4.98 Å². The quantitative estimate of drug-likeness (QED) is 0.893. The van der Waals surface area contributed by atoms with Crippen molar-refractivity contribution < 1.29 is 0 Å². The highest BCUT2D eigenvalue weighted by Gasteiger charge is 2.22. The molecule has 0 bridgehead atoms. The number of H-pyrrole nitrogens is 1. The van der Waals surface area contributed by atoms with Crippen LogP contribution in [-0.4, -0.2) is 28.0 Å². The SMILES string of the molecule is CC(C)(C)c1cc2cc[nH]c2nc1CN1CCCC1. The van der Waals surface area contributed by atoms with E-state index in [1.807, 2.05) is 6.20 Å². The monoisotopic (exact) mass is 257 g/mol. The van der Waals surface area contributed by atoms with Gasteiger partial charge < -0.3 is 4.98 Å². The van der Waals surface area contributed by atoms with Crippen LogP contribution in [0.15, 0.2) is 18.3 Å². The number of nitrogens with zero attached hydrogens (tertiary/aromatic N) is 2. The number of aromatic amines is 1. The Hall–Kier alpha value is -1.35. The lowest BCUT2D eigenvalue weighted by molar-refractivity contribution is 0.324. The zero-order valence-electron chi connectivity index (χ0n) is 12.2.